The maximum absolute atomic E-state index is 13.2. The summed E-state index contributed by atoms with van der Waals surface area (Å²) in [4.78, 5) is 13.3. The Labute approximate surface area is 159 Å². The second-order valence-corrected chi connectivity index (χ2v) is 8.51. The topological polar surface area (TPSA) is 63.2 Å². The number of carbonyl (C=O) groups is 1. The van der Waals surface area contributed by atoms with Crippen molar-refractivity contribution in [1.29, 1.82) is 0 Å². The van der Waals surface area contributed by atoms with Gasteiger partial charge in [-0.2, -0.15) is 0 Å². The lowest BCUT2D eigenvalue weighted by molar-refractivity contribution is -0.116. The van der Waals surface area contributed by atoms with E-state index < -0.39 is 15.8 Å². The summed E-state index contributed by atoms with van der Waals surface area (Å²) in [6.45, 7) is 1.84. The van der Waals surface area contributed by atoms with Crippen LogP contribution in [0.2, 0.25) is 0 Å². The second-order valence-electron chi connectivity index (χ2n) is 6.49. The van der Waals surface area contributed by atoms with Gasteiger partial charge in [0.2, 0.25) is 5.91 Å². The third-order valence-corrected chi connectivity index (χ3v) is 5.53. The minimum Gasteiger partial charge on any atom is -0.325 e. The molecule has 0 aromatic heterocycles. The highest BCUT2D eigenvalue weighted by molar-refractivity contribution is 7.90. The van der Waals surface area contributed by atoms with E-state index in [1.54, 1.807) is 12.1 Å². The van der Waals surface area contributed by atoms with E-state index in [9.17, 15) is 13.2 Å². The molecule has 5 heteroatoms. The lowest BCUT2D eigenvalue weighted by Crippen LogP contribution is -2.22. The molecule has 0 aliphatic rings. The van der Waals surface area contributed by atoms with E-state index in [0.29, 0.717) is 5.69 Å². The Morgan fingerprint density at radius 2 is 1.37 bits per heavy atom. The molecule has 1 N–H and O–H groups in total. The van der Waals surface area contributed by atoms with Crippen LogP contribution in [0.4, 0.5) is 5.69 Å². The first-order valence-electron chi connectivity index (χ1n) is 8.58. The molecule has 3 rings (SSSR count). The van der Waals surface area contributed by atoms with Crippen LogP contribution in [0.1, 0.15) is 22.6 Å². The molecule has 0 radical (unpaired) electrons. The van der Waals surface area contributed by atoms with Crippen molar-refractivity contribution in [2.45, 2.75) is 17.7 Å². The number of nitrogens with one attached hydrogen (secondary N) is 1. The van der Waals surface area contributed by atoms with Gasteiger partial charge < -0.3 is 5.32 Å². The maximum atomic E-state index is 13.2. The van der Waals surface area contributed by atoms with Crippen molar-refractivity contribution in [3.8, 4) is 0 Å². The third kappa shape index (κ3) is 4.44. The summed E-state index contributed by atoms with van der Waals surface area (Å²) in [5.41, 5.74) is 3.05. The molecule has 0 fully saturated rings. The van der Waals surface area contributed by atoms with Crippen LogP contribution in [-0.4, -0.2) is 20.6 Å². The van der Waals surface area contributed by atoms with Crippen LogP contribution in [-0.2, 0) is 14.6 Å². The fraction of sp³-hybridized carbons (Fsp3) is 0.136. The lowest BCUT2D eigenvalue weighted by Gasteiger charge is -2.19. The predicted octanol–water partition coefficient (Wildman–Crippen LogP) is 4.17. The second kappa shape index (κ2) is 7.76. The van der Waals surface area contributed by atoms with E-state index in [1.807, 2.05) is 67.6 Å². The molecule has 0 aliphatic carbocycles. The Morgan fingerprint density at radius 1 is 0.852 bits per heavy atom. The Morgan fingerprint density at radius 3 is 1.85 bits per heavy atom. The fourth-order valence-corrected chi connectivity index (χ4v) is 3.60. The van der Waals surface area contributed by atoms with Crippen molar-refractivity contribution < 1.29 is 13.2 Å². The van der Waals surface area contributed by atoms with Gasteiger partial charge in [-0.3, -0.25) is 4.79 Å². The Hall–Kier alpha value is -2.92. The highest BCUT2D eigenvalue weighted by atomic mass is 32.2. The van der Waals surface area contributed by atoms with Gasteiger partial charge in [-0.25, -0.2) is 8.42 Å². The summed E-state index contributed by atoms with van der Waals surface area (Å²) in [5, 5.41) is 2.92. The van der Waals surface area contributed by atoms with E-state index in [-0.39, 0.29) is 10.8 Å². The maximum Gasteiger partial charge on any atom is 0.236 e. The van der Waals surface area contributed by atoms with Gasteiger partial charge >= 0.3 is 0 Å². The van der Waals surface area contributed by atoms with Gasteiger partial charge in [-0.1, -0.05) is 66.7 Å². The van der Waals surface area contributed by atoms with Crippen molar-refractivity contribution in [3.63, 3.8) is 0 Å². The highest BCUT2D eigenvalue weighted by Crippen LogP contribution is 2.28. The number of hydrogen-bond donors (Lipinski definition) is 1. The van der Waals surface area contributed by atoms with E-state index in [0.717, 1.165) is 22.9 Å². The van der Waals surface area contributed by atoms with Gasteiger partial charge in [0.25, 0.3) is 0 Å². The van der Waals surface area contributed by atoms with Gasteiger partial charge in [0, 0.05) is 11.9 Å². The number of hydrogen-bond acceptors (Lipinski definition) is 3. The molecule has 3 aromatic carbocycles. The minimum absolute atomic E-state index is 0.180. The lowest BCUT2D eigenvalue weighted by atomic mass is 9.90. The average Bonchev–Trinajstić information content (AvgIpc) is 2.64. The molecule has 0 aliphatic heterocycles. The number of carbonyl (C=O) groups excluding carboxylic acids is 1. The normalized spacial score (nSPS) is 11.4. The molecule has 27 heavy (non-hydrogen) atoms. The number of rotatable bonds is 5. The van der Waals surface area contributed by atoms with Crippen LogP contribution in [0, 0.1) is 6.92 Å². The van der Waals surface area contributed by atoms with Crippen molar-refractivity contribution >= 4 is 21.4 Å². The van der Waals surface area contributed by atoms with Crippen molar-refractivity contribution in [1.82, 2.24) is 0 Å². The van der Waals surface area contributed by atoms with Crippen LogP contribution in [0.3, 0.4) is 0 Å². The Balaban J connectivity index is 1.99. The molecule has 138 valence electrons. The molecule has 4 nitrogen and oxygen atoms in total. The van der Waals surface area contributed by atoms with Gasteiger partial charge in [0.15, 0.2) is 9.84 Å². The zero-order chi connectivity index (χ0) is 19.4. The summed E-state index contributed by atoms with van der Waals surface area (Å²) >= 11 is 0. The number of amides is 1. The van der Waals surface area contributed by atoms with Crippen LogP contribution in [0.15, 0.2) is 83.8 Å². The van der Waals surface area contributed by atoms with Crippen LogP contribution < -0.4 is 5.32 Å². The predicted molar refractivity (Wildman–Crippen MR) is 108 cm³/mol. The number of aryl methyl sites for hydroxylation is 1. The minimum atomic E-state index is -3.35. The summed E-state index contributed by atoms with van der Waals surface area (Å²) < 4.78 is 23.7. The van der Waals surface area contributed by atoms with Crippen LogP contribution >= 0.6 is 0 Å². The Bertz CT molecular complexity index is 1010. The van der Waals surface area contributed by atoms with E-state index in [1.165, 1.54) is 6.07 Å². The molecule has 0 bridgehead atoms. The molecule has 0 atom stereocenters. The molecule has 1 amide bonds. The molecule has 0 unspecified atom stereocenters. The monoisotopic (exact) mass is 379 g/mol. The first kappa shape index (κ1) is 18.9. The number of sulfone groups is 1. The van der Waals surface area contributed by atoms with E-state index in [2.05, 4.69) is 5.32 Å². The van der Waals surface area contributed by atoms with E-state index in [4.69, 9.17) is 0 Å². The first-order chi connectivity index (χ1) is 12.9. The number of benzene rings is 3. The quantitative estimate of drug-likeness (QED) is 0.724. The standard InChI is InChI=1S/C22H21NO3S/c1-16-13-14-19(27(2,25)26)15-20(16)23-22(24)21(17-9-5-3-6-10-17)18-11-7-4-8-12-18/h3-15,21H,1-2H3,(H,23,24). The molecule has 3 aromatic rings. The van der Waals surface area contributed by atoms with Crippen molar-refractivity contribution in [3.05, 3.63) is 95.6 Å². The summed E-state index contributed by atoms with van der Waals surface area (Å²) in [6, 6.07) is 23.8. The molecular weight excluding hydrogens is 358 g/mol. The van der Waals surface area contributed by atoms with Crippen LogP contribution in [0.5, 0.6) is 0 Å². The molecular formula is C22H21NO3S. The van der Waals surface area contributed by atoms with E-state index >= 15 is 0 Å². The highest BCUT2D eigenvalue weighted by Gasteiger charge is 2.23. The zero-order valence-electron chi connectivity index (χ0n) is 15.2. The van der Waals surface area contributed by atoms with Gasteiger partial charge in [0.1, 0.15) is 0 Å². The van der Waals surface area contributed by atoms with Gasteiger partial charge in [-0.15, -0.1) is 0 Å². The van der Waals surface area contributed by atoms with Crippen LogP contribution in [0.25, 0.3) is 0 Å². The zero-order valence-corrected chi connectivity index (χ0v) is 16.0. The summed E-state index contributed by atoms with van der Waals surface area (Å²) in [6.07, 6.45) is 1.15. The van der Waals surface area contributed by atoms with Gasteiger partial charge in [-0.05, 0) is 35.7 Å². The van der Waals surface area contributed by atoms with Crippen molar-refractivity contribution in [2.75, 3.05) is 11.6 Å². The SMILES string of the molecule is Cc1ccc(S(C)(=O)=O)cc1NC(=O)C(c1ccccc1)c1ccccc1. The molecule has 0 saturated carbocycles. The molecule has 0 spiro atoms. The third-order valence-electron chi connectivity index (χ3n) is 4.42. The average molecular weight is 379 g/mol. The Kier molecular flexibility index (Phi) is 5.42. The smallest absolute Gasteiger partial charge is 0.236 e. The summed E-state index contributed by atoms with van der Waals surface area (Å²) in [5.74, 6) is -0.699. The molecule has 0 heterocycles. The first-order valence-corrected chi connectivity index (χ1v) is 10.5. The molecule has 0 saturated heterocycles. The fourth-order valence-electron chi connectivity index (χ4n) is 2.96. The van der Waals surface area contributed by atoms with Gasteiger partial charge in [0.05, 0.1) is 10.8 Å². The van der Waals surface area contributed by atoms with Crippen molar-refractivity contribution in [2.24, 2.45) is 0 Å². The largest absolute Gasteiger partial charge is 0.325 e. The number of anilines is 1. The summed E-state index contributed by atoms with van der Waals surface area (Å²) in [7, 11) is -3.35.